The molecule has 0 atom stereocenters. The van der Waals surface area contributed by atoms with Crippen molar-refractivity contribution in [2.24, 2.45) is 0 Å². The van der Waals surface area contributed by atoms with Crippen LogP contribution >= 0.6 is 0 Å². The Balaban J connectivity index is 0.000000606. The average Bonchev–Trinajstić information content (AvgIpc) is 2.39. The van der Waals surface area contributed by atoms with Gasteiger partial charge in [-0.05, 0) is 12.1 Å². The number of fused-ring (bicyclic) bond motifs is 1. The van der Waals surface area contributed by atoms with Crippen molar-refractivity contribution in [1.82, 2.24) is 0 Å². The third kappa shape index (κ3) is 2.63. The highest BCUT2D eigenvalue weighted by Gasteiger charge is 2.16. The maximum Gasteiger partial charge on any atom is 0.337 e. The van der Waals surface area contributed by atoms with Crippen LogP contribution in [0.5, 0.6) is 5.75 Å². The summed E-state index contributed by atoms with van der Waals surface area (Å²) in [6.07, 6.45) is 1.80. The van der Waals surface area contributed by atoms with Crippen molar-refractivity contribution in [1.29, 1.82) is 0 Å². The van der Waals surface area contributed by atoms with Crippen molar-refractivity contribution in [3.05, 3.63) is 35.4 Å². The molecule has 1 heterocycles. The Hall–Kier alpha value is -1.77. The van der Waals surface area contributed by atoms with Gasteiger partial charge in [-0.15, -0.1) is 0 Å². The number of hydrogen-bond donors (Lipinski definition) is 0. The van der Waals surface area contributed by atoms with E-state index in [0.29, 0.717) is 5.57 Å². The Bertz CT molecular complexity index is 394. The topological polar surface area (TPSA) is 35.5 Å². The van der Waals surface area contributed by atoms with Crippen LogP contribution in [0, 0.1) is 0 Å². The van der Waals surface area contributed by atoms with Crippen molar-refractivity contribution < 1.29 is 14.3 Å². The van der Waals surface area contributed by atoms with Crippen molar-refractivity contribution in [2.45, 2.75) is 13.8 Å². The number of rotatable bonds is 1. The van der Waals surface area contributed by atoms with Gasteiger partial charge in [-0.1, -0.05) is 32.0 Å². The Morgan fingerprint density at radius 2 is 2.00 bits per heavy atom. The monoisotopic (exact) mass is 220 g/mol. The lowest BCUT2D eigenvalue weighted by atomic mass is 10.1. The molecule has 0 radical (unpaired) electrons. The smallest absolute Gasteiger partial charge is 0.337 e. The number of carbonyl (C=O) groups excluding carboxylic acids is 1. The van der Waals surface area contributed by atoms with Crippen LogP contribution in [0.15, 0.2) is 29.8 Å². The summed E-state index contributed by atoms with van der Waals surface area (Å²) in [7, 11) is 1.36. The van der Waals surface area contributed by atoms with Crippen LogP contribution in [0.4, 0.5) is 0 Å². The molecule has 0 aromatic heterocycles. The van der Waals surface area contributed by atoms with Crippen molar-refractivity contribution >= 4 is 12.0 Å². The molecule has 0 unspecified atom stereocenters. The molecule has 0 spiro atoms. The highest BCUT2D eigenvalue weighted by molar-refractivity contribution is 5.95. The Morgan fingerprint density at radius 1 is 1.31 bits per heavy atom. The first-order chi connectivity index (χ1) is 7.81. The fraction of sp³-hybridized carbons (Fsp3) is 0.308. The van der Waals surface area contributed by atoms with E-state index in [1.54, 1.807) is 6.08 Å². The van der Waals surface area contributed by atoms with E-state index in [4.69, 9.17) is 4.74 Å². The van der Waals surface area contributed by atoms with Crippen LogP contribution < -0.4 is 4.74 Å². The van der Waals surface area contributed by atoms with E-state index in [9.17, 15) is 4.79 Å². The van der Waals surface area contributed by atoms with Gasteiger partial charge < -0.3 is 9.47 Å². The maximum atomic E-state index is 11.2. The molecule has 16 heavy (non-hydrogen) atoms. The summed E-state index contributed by atoms with van der Waals surface area (Å²) >= 11 is 0. The molecule has 0 saturated carbocycles. The SMILES string of the molecule is CC.COC(=O)C1=Cc2ccccc2OC1. The first-order valence-electron chi connectivity index (χ1n) is 5.32. The minimum atomic E-state index is -0.334. The number of benzene rings is 1. The van der Waals surface area contributed by atoms with Gasteiger partial charge in [0.2, 0.25) is 0 Å². The van der Waals surface area contributed by atoms with E-state index in [1.807, 2.05) is 38.1 Å². The van der Waals surface area contributed by atoms with Crippen LogP contribution in [-0.2, 0) is 9.53 Å². The molecule has 86 valence electrons. The fourth-order valence-corrected chi connectivity index (χ4v) is 1.37. The lowest BCUT2D eigenvalue weighted by Gasteiger charge is -2.15. The first-order valence-corrected chi connectivity index (χ1v) is 5.32. The van der Waals surface area contributed by atoms with Crippen LogP contribution in [0.2, 0.25) is 0 Å². The van der Waals surface area contributed by atoms with Crippen LogP contribution in [0.25, 0.3) is 6.08 Å². The molecule has 0 aliphatic carbocycles. The Labute approximate surface area is 95.7 Å². The second kappa shape index (κ2) is 5.95. The molecule has 0 saturated heterocycles. The quantitative estimate of drug-likeness (QED) is 0.682. The number of hydrogen-bond acceptors (Lipinski definition) is 3. The third-order valence-electron chi connectivity index (χ3n) is 2.08. The van der Waals surface area contributed by atoms with E-state index in [-0.39, 0.29) is 12.6 Å². The average molecular weight is 220 g/mol. The lowest BCUT2D eigenvalue weighted by molar-refractivity contribution is -0.136. The lowest BCUT2D eigenvalue weighted by Crippen LogP contribution is -2.15. The standard InChI is InChI=1S/C11H10O3.C2H6/c1-13-11(12)9-6-8-4-2-3-5-10(8)14-7-9;1-2/h2-6H,7H2,1H3;1-2H3. The second-order valence-electron chi connectivity index (χ2n) is 2.99. The van der Waals surface area contributed by atoms with Gasteiger partial charge in [0.15, 0.2) is 0 Å². The van der Waals surface area contributed by atoms with Crippen molar-refractivity contribution in [3.63, 3.8) is 0 Å². The number of ether oxygens (including phenoxy) is 2. The predicted octanol–water partition coefficient (Wildman–Crippen LogP) is 2.66. The van der Waals surface area contributed by atoms with Gasteiger partial charge in [0.05, 0.1) is 12.7 Å². The molecular weight excluding hydrogens is 204 g/mol. The molecule has 1 aromatic rings. The highest BCUT2D eigenvalue weighted by atomic mass is 16.5. The number of carbonyl (C=O) groups is 1. The minimum absolute atomic E-state index is 0.281. The molecule has 0 amide bonds. The molecule has 3 nitrogen and oxygen atoms in total. The summed E-state index contributed by atoms with van der Waals surface area (Å²) in [4.78, 5) is 11.2. The first kappa shape index (κ1) is 12.3. The summed E-state index contributed by atoms with van der Waals surface area (Å²) in [6, 6.07) is 7.58. The van der Waals surface area contributed by atoms with E-state index >= 15 is 0 Å². The molecule has 3 heteroatoms. The van der Waals surface area contributed by atoms with Gasteiger partial charge in [-0.2, -0.15) is 0 Å². The van der Waals surface area contributed by atoms with Crippen molar-refractivity contribution in [2.75, 3.05) is 13.7 Å². The van der Waals surface area contributed by atoms with Crippen LogP contribution in [0.1, 0.15) is 19.4 Å². The summed E-state index contributed by atoms with van der Waals surface area (Å²) in [5, 5.41) is 0. The zero-order valence-electron chi connectivity index (χ0n) is 9.82. The van der Waals surface area contributed by atoms with Crippen LogP contribution in [-0.4, -0.2) is 19.7 Å². The maximum absolute atomic E-state index is 11.2. The number of para-hydroxylation sites is 1. The van der Waals surface area contributed by atoms with E-state index in [0.717, 1.165) is 11.3 Å². The molecule has 1 aliphatic rings. The van der Waals surface area contributed by atoms with Gasteiger partial charge in [0, 0.05) is 5.56 Å². The predicted molar refractivity (Wildman–Crippen MR) is 63.3 cm³/mol. The van der Waals surface area contributed by atoms with E-state index in [1.165, 1.54) is 7.11 Å². The molecule has 0 bridgehead atoms. The molecular formula is C13H16O3. The van der Waals surface area contributed by atoms with E-state index < -0.39 is 0 Å². The van der Waals surface area contributed by atoms with E-state index in [2.05, 4.69) is 4.74 Å². The third-order valence-corrected chi connectivity index (χ3v) is 2.08. The zero-order chi connectivity index (χ0) is 12.0. The molecule has 0 fully saturated rings. The van der Waals surface area contributed by atoms with Gasteiger partial charge in [-0.3, -0.25) is 0 Å². The zero-order valence-corrected chi connectivity index (χ0v) is 9.82. The normalized spacial score (nSPS) is 12.3. The second-order valence-corrected chi connectivity index (χ2v) is 2.99. The van der Waals surface area contributed by atoms with Crippen molar-refractivity contribution in [3.8, 4) is 5.75 Å². The van der Waals surface area contributed by atoms with Gasteiger partial charge in [-0.25, -0.2) is 4.79 Å². The van der Waals surface area contributed by atoms with Gasteiger partial charge in [0.1, 0.15) is 12.4 Å². The number of methoxy groups -OCH3 is 1. The summed E-state index contributed by atoms with van der Waals surface area (Å²) in [6.45, 7) is 4.28. The summed E-state index contributed by atoms with van der Waals surface area (Å²) < 4.78 is 10.0. The number of esters is 1. The molecule has 2 rings (SSSR count). The van der Waals surface area contributed by atoms with Crippen LogP contribution in [0.3, 0.4) is 0 Å². The fourth-order valence-electron chi connectivity index (χ4n) is 1.37. The Kier molecular flexibility index (Phi) is 4.58. The minimum Gasteiger partial charge on any atom is -0.488 e. The van der Waals surface area contributed by atoms with Gasteiger partial charge >= 0.3 is 5.97 Å². The molecule has 1 aliphatic heterocycles. The Morgan fingerprint density at radius 3 is 2.69 bits per heavy atom. The highest BCUT2D eigenvalue weighted by Crippen LogP contribution is 2.25. The largest absolute Gasteiger partial charge is 0.488 e. The van der Waals surface area contributed by atoms with Gasteiger partial charge in [0.25, 0.3) is 0 Å². The summed E-state index contributed by atoms with van der Waals surface area (Å²) in [5.74, 6) is 0.472. The molecule has 0 N–H and O–H groups in total. The summed E-state index contributed by atoms with van der Waals surface area (Å²) in [5.41, 5.74) is 1.46. The molecule has 1 aromatic carbocycles.